The third kappa shape index (κ3) is 1.42. The fourth-order valence-corrected chi connectivity index (χ4v) is 3.95. The number of hydrogen-bond acceptors (Lipinski definition) is 5. The molecule has 4 rings (SSSR count). The van der Waals surface area contributed by atoms with Crippen LogP contribution in [0, 0.1) is 16.7 Å². The smallest absolute Gasteiger partial charge is 0.241 e. The van der Waals surface area contributed by atoms with Crippen LogP contribution < -0.4 is 4.90 Å². The van der Waals surface area contributed by atoms with Gasteiger partial charge in [0, 0.05) is 0 Å². The van der Waals surface area contributed by atoms with Gasteiger partial charge in [-0.05, 0) is 43.3 Å². The van der Waals surface area contributed by atoms with Crippen LogP contribution >= 0.6 is 0 Å². The van der Waals surface area contributed by atoms with Crippen LogP contribution in [0.25, 0.3) is 0 Å². The lowest BCUT2D eigenvalue weighted by Gasteiger charge is -2.25. The van der Waals surface area contributed by atoms with E-state index in [0.717, 1.165) is 0 Å². The van der Waals surface area contributed by atoms with E-state index in [-0.39, 0.29) is 17.5 Å². The monoisotopic (exact) mass is 298 g/mol. The lowest BCUT2D eigenvalue weighted by Crippen LogP contribution is -2.39. The van der Waals surface area contributed by atoms with E-state index in [2.05, 4.69) is 5.18 Å². The van der Waals surface area contributed by atoms with Gasteiger partial charge in [0.2, 0.25) is 11.8 Å². The maximum atomic E-state index is 12.8. The van der Waals surface area contributed by atoms with Crippen molar-refractivity contribution in [2.24, 2.45) is 17.0 Å². The van der Waals surface area contributed by atoms with Crippen LogP contribution in [0.2, 0.25) is 0 Å². The van der Waals surface area contributed by atoms with Crippen LogP contribution in [0.3, 0.4) is 0 Å². The zero-order chi connectivity index (χ0) is 15.7. The van der Waals surface area contributed by atoms with E-state index in [0.29, 0.717) is 5.69 Å². The molecule has 2 fully saturated rings. The van der Waals surface area contributed by atoms with Gasteiger partial charge in [-0.15, -0.1) is 4.91 Å². The van der Waals surface area contributed by atoms with E-state index in [1.807, 2.05) is 26.0 Å². The van der Waals surface area contributed by atoms with Crippen molar-refractivity contribution in [1.82, 2.24) is 0 Å². The number of rotatable bonds is 2. The first kappa shape index (κ1) is 13.3. The predicted octanol–water partition coefficient (Wildman–Crippen LogP) is 2.31. The summed E-state index contributed by atoms with van der Waals surface area (Å²) in [4.78, 5) is 37.3. The summed E-state index contributed by atoms with van der Waals surface area (Å²) in [7, 11) is 0. The number of imide groups is 1. The molecule has 0 aromatic heterocycles. The van der Waals surface area contributed by atoms with Crippen LogP contribution in [0.15, 0.2) is 41.6 Å². The minimum atomic E-state index is -0.731. The largest absolute Gasteiger partial charge is 0.359 e. The van der Waals surface area contributed by atoms with E-state index in [9.17, 15) is 14.5 Å². The van der Waals surface area contributed by atoms with Gasteiger partial charge in [-0.2, -0.15) is 0 Å². The minimum absolute atomic E-state index is 0.252. The van der Waals surface area contributed by atoms with Crippen LogP contribution in [0.4, 0.5) is 11.4 Å². The normalized spacial score (nSPS) is 38.7. The Morgan fingerprint density at radius 2 is 1.50 bits per heavy atom. The first-order valence-electron chi connectivity index (χ1n) is 7.11. The summed E-state index contributed by atoms with van der Waals surface area (Å²) in [5, 5.41) is 2.82. The van der Waals surface area contributed by atoms with Gasteiger partial charge in [-0.25, -0.2) is 4.90 Å². The van der Waals surface area contributed by atoms with E-state index in [4.69, 9.17) is 4.74 Å². The van der Waals surface area contributed by atoms with Gasteiger partial charge in [-0.1, -0.05) is 12.2 Å². The number of anilines is 1. The molecule has 3 heterocycles. The molecule has 22 heavy (non-hydrogen) atoms. The third-order valence-corrected chi connectivity index (χ3v) is 4.94. The molecular formula is C16H14N2O4. The lowest BCUT2D eigenvalue weighted by atomic mass is 9.73. The van der Waals surface area contributed by atoms with Crippen LogP contribution in [-0.2, 0) is 14.3 Å². The molecule has 0 radical (unpaired) electrons. The molecule has 1 aromatic carbocycles. The molecule has 0 N–H and O–H groups in total. The summed E-state index contributed by atoms with van der Waals surface area (Å²) >= 11 is 0. The number of carbonyl (C=O) groups is 2. The SMILES string of the molecule is CC12C=CC(C)(O1)C1C(=O)N(c3ccc(N=O)cc3)C(=O)C12. The summed E-state index contributed by atoms with van der Waals surface area (Å²) < 4.78 is 5.94. The molecule has 6 nitrogen and oxygen atoms in total. The topological polar surface area (TPSA) is 76.0 Å². The van der Waals surface area contributed by atoms with Crippen molar-refractivity contribution in [2.45, 2.75) is 25.0 Å². The molecular weight excluding hydrogens is 284 g/mol. The molecule has 112 valence electrons. The molecule has 0 aliphatic carbocycles. The van der Waals surface area contributed by atoms with E-state index >= 15 is 0 Å². The summed E-state index contributed by atoms with van der Waals surface area (Å²) in [6, 6.07) is 6.11. The van der Waals surface area contributed by atoms with Gasteiger partial charge in [0.05, 0.1) is 28.7 Å². The quantitative estimate of drug-likeness (QED) is 0.477. The minimum Gasteiger partial charge on any atom is -0.359 e. The third-order valence-electron chi connectivity index (χ3n) is 4.94. The maximum Gasteiger partial charge on any atom is 0.241 e. The summed E-state index contributed by atoms with van der Waals surface area (Å²) in [6.07, 6.45) is 3.75. The highest BCUT2D eigenvalue weighted by atomic mass is 16.5. The van der Waals surface area contributed by atoms with Crippen molar-refractivity contribution in [3.63, 3.8) is 0 Å². The summed E-state index contributed by atoms with van der Waals surface area (Å²) in [5.41, 5.74) is -0.744. The Kier molecular flexibility index (Phi) is 2.36. The Hall–Kier alpha value is -2.34. The molecule has 4 unspecified atom stereocenters. The van der Waals surface area contributed by atoms with Crippen LogP contribution in [0.1, 0.15) is 13.8 Å². The Balaban J connectivity index is 1.77. The number of benzene rings is 1. The average molecular weight is 298 g/mol. The number of ether oxygens (including phenoxy) is 1. The molecule has 3 aliphatic rings. The summed E-state index contributed by atoms with van der Waals surface area (Å²) in [5.74, 6) is -1.51. The molecule has 3 aliphatic heterocycles. The zero-order valence-corrected chi connectivity index (χ0v) is 12.1. The van der Waals surface area contributed by atoms with E-state index in [1.54, 1.807) is 12.1 Å². The van der Waals surface area contributed by atoms with Gasteiger partial charge >= 0.3 is 0 Å². The van der Waals surface area contributed by atoms with Crippen LogP contribution in [-0.4, -0.2) is 23.0 Å². The van der Waals surface area contributed by atoms with Crippen LogP contribution in [0.5, 0.6) is 0 Å². The molecule has 2 bridgehead atoms. The fraction of sp³-hybridized carbons (Fsp3) is 0.375. The molecule has 0 spiro atoms. The Morgan fingerprint density at radius 3 is 1.95 bits per heavy atom. The fourth-order valence-electron chi connectivity index (χ4n) is 3.95. The first-order valence-corrected chi connectivity index (χ1v) is 7.11. The maximum absolute atomic E-state index is 12.8. The highest BCUT2D eigenvalue weighted by Gasteiger charge is 2.70. The van der Waals surface area contributed by atoms with Crippen molar-refractivity contribution in [3.05, 3.63) is 41.3 Å². The van der Waals surface area contributed by atoms with Crippen molar-refractivity contribution in [1.29, 1.82) is 0 Å². The number of carbonyl (C=O) groups excluding carboxylic acids is 2. The predicted molar refractivity (Wildman–Crippen MR) is 78.4 cm³/mol. The first-order chi connectivity index (χ1) is 10.4. The standard InChI is InChI=1S/C16H14N2O4/c1-15-7-8-16(2,22-15)12-11(15)13(19)18(14(12)20)10-5-3-9(17-21)4-6-10/h3-8,11-12H,1-2H3. The highest BCUT2D eigenvalue weighted by molar-refractivity contribution is 6.23. The van der Waals surface area contributed by atoms with Gasteiger partial charge in [-0.3, -0.25) is 9.59 Å². The van der Waals surface area contributed by atoms with E-state index in [1.165, 1.54) is 17.0 Å². The summed E-state index contributed by atoms with van der Waals surface area (Å²) in [6.45, 7) is 3.68. The Bertz CT molecular complexity index is 705. The molecule has 2 amide bonds. The second-order valence-electron chi connectivity index (χ2n) is 6.38. The number of nitroso groups, excluding NO2 is 1. The number of fused-ring (bicyclic) bond motifs is 5. The molecule has 0 saturated carbocycles. The molecule has 1 aromatic rings. The van der Waals surface area contributed by atoms with Gasteiger partial charge in [0.15, 0.2) is 0 Å². The Morgan fingerprint density at radius 1 is 1.00 bits per heavy atom. The Labute approximate surface area is 126 Å². The second-order valence-corrected chi connectivity index (χ2v) is 6.38. The lowest BCUT2D eigenvalue weighted by molar-refractivity contribution is -0.128. The number of hydrogen-bond donors (Lipinski definition) is 0. The highest BCUT2D eigenvalue weighted by Crippen LogP contribution is 2.57. The zero-order valence-electron chi connectivity index (χ0n) is 12.1. The van der Waals surface area contributed by atoms with Crippen molar-refractivity contribution >= 4 is 23.2 Å². The molecule has 2 saturated heterocycles. The molecule has 4 atom stereocenters. The second kappa shape index (κ2) is 3.89. The van der Waals surface area contributed by atoms with Gasteiger partial charge in [0.25, 0.3) is 0 Å². The average Bonchev–Trinajstić information content (AvgIpc) is 3.04. The molecule has 6 heteroatoms. The van der Waals surface area contributed by atoms with Gasteiger partial charge < -0.3 is 4.74 Å². The van der Waals surface area contributed by atoms with Gasteiger partial charge in [0.1, 0.15) is 5.69 Å². The number of nitrogens with zero attached hydrogens (tertiary/aromatic N) is 2. The van der Waals surface area contributed by atoms with Crippen molar-refractivity contribution in [3.8, 4) is 0 Å². The van der Waals surface area contributed by atoms with E-state index < -0.39 is 23.0 Å². The number of amides is 2. The van der Waals surface area contributed by atoms with Crippen molar-refractivity contribution < 1.29 is 14.3 Å². The van der Waals surface area contributed by atoms with Crippen molar-refractivity contribution in [2.75, 3.05) is 4.90 Å².